The van der Waals surface area contributed by atoms with Crippen molar-refractivity contribution in [2.24, 2.45) is 5.73 Å². The summed E-state index contributed by atoms with van der Waals surface area (Å²) in [5, 5.41) is 2.72. The van der Waals surface area contributed by atoms with Gasteiger partial charge in [0.25, 0.3) is 0 Å². The Bertz CT molecular complexity index is 549. The normalized spacial score (nSPS) is 10.2. The minimum Gasteiger partial charge on any atom is -0.326 e. The van der Waals surface area contributed by atoms with Crippen LogP contribution in [0.3, 0.4) is 0 Å². The van der Waals surface area contributed by atoms with Crippen LogP contribution < -0.4 is 11.1 Å². The number of anilines is 1. The smallest absolute Gasteiger partial charge is 0.228 e. The van der Waals surface area contributed by atoms with Crippen LogP contribution in [0.5, 0.6) is 0 Å². The second-order valence-corrected chi connectivity index (χ2v) is 4.25. The van der Waals surface area contributed by atoms with E-state index in [1.54, 1.807) is 0 Å². The topological polar surface area (TPSA) is 55.1 Å². The van der Waals surface area contributed by atoms with Crippen LogP contribution in [-0.2, 0) is 17.8 Å². The van der Waals surface area contributed by atoms with Crippen LogP contribution in [0.15, 0.2) is 48.5 Å². The number of hydrogen-bond donors (Lipinski definition) is 2. The fourth-order valence-electron chi connectivity index (χ4n) is 1.72. The molecule has 0 bridgehead atoms. The summed E-state index contributed by atoms with van der Waals surface area (Å²) in [6.07, 6.45) is 0.280. The summed E-state index contributed by atoms with van der Waals surface area (Å²) in [7, 11) is 0. The summed E-state index contributed by atoms with van der Waals surface area (Å²) in [5.41, 5.74) is 8.04. The van der Waals surface area contributed by atoms with Gasteiger partial charge in [0.15, 0.2) is 0 Å². The summed E-state index contributed by atoms with van der Waals surface area (Å²) in [5.74, 6) is -0.456. The SMILES string of the molecule is NCc1ccc(CC(=O)Nc2ccc(F)cc2)cc1. The van der Waals surface area contributed by atoms with E-state index >= 15 is 0 Å². The second kappa shape index (κ2) is 6.11. The van der Waals surface area contributed by atoms with Gasteiger partial charge in [0.1, 0.15) is 5.82 Å². The first-order valence-corrected chi connectivity index (χ1v) is 6.00. The highest BCUT2D eigenvalue weighted by atomic mass is 19.1. The first-order chi connectivity index (χ1) is 9.17. The maximum atomic E-state index is 12.7. The van der Waals surface area contributed by atoms with E-state index in [1.165, 1.54) is 24.3 Å². The first-order valence-electron chi connectivity index (χ1n) is 6.00. The molecule has 0 unspecified atom stereocenters. The summed E-state index contributed by atoms with van der Waals surface area (Å²) < 4.78 is 12.7. The summed E-state index contributed by atoms with van der Waals surface area (Å²) in [6.45, 7) is 0.488. The van der Waals surface area contributed by atoms with Gasteiger partial charge in [0.05, 0.1) is 6.42 Å². The van der Waals surface area contributed by atoms with Crippen LogP contribution in [-0.4, -0.2) is 5.91 Å². The number of halogens is 1. The molecule has 3 nitrogen and oxygen atoms in total. The van der Waals surface area contributed by atoms with Crippen molar-refractivity contribution in [2.75, 3.05) is 5.32 Å². The molecule has 19 heavy (non-hydrogen) atoms. The molecule has 0 radical (unpaired) electrons. The molecule has 1 amide bonds. The number of hydrogen-bond acceptors (Lipinski definition) is 2. The maximum Gasteiger partial charge on any atom is 0.228 e. The molecule has 0 saturated carbocycles. The Morgan fingerprint density at radius 2 is 1.58 bits per heavy atom. The van der Waals surface area contributed by atoms with Gasteiger partial charge in [-0.05, 0) is 35.4 Å². The van der Waals surface area contributed by atoms with Crippen LogP contribution >= 0.6 is 0 Å². The van der Waals surface area contributed by atoms with E-state index in [4.69, 9.17) is 5.73 Å². The number of nitrogens with one attached hydrogen (secondary N) is 1. The first kappa shape index (κ1) is 13.2. The molecule has 0 heterocycles. The predicted octanol–water partition coefficient (Wildman–Crippen LogP) is 2.47. The molecular formula is C15H15FN2O. The Morgan fingerprint density at radius 3 is 2.16 bits per heavy atom. The van der Waals surface area contributed by atoms with E-state index in [0.29, 0.717) is 12.2 Å². The van der Waals surface area contributed by atoms with E-state index < -0.39 is 0 Å². The summed E-state index contributed by atoms with van der Waals surface area (Å²) in [4.78, 5) is 11.8. The van der Waals surface area contributed by atoms with Crippen molar-refractivity contribution in [3.8, 4) is 0 Å². The van der Waals surface area contributed by atoms with Crippen LogP contribution in [0.2, 0.25) is 0 Å². The fraction of sp³-hybridized carbons (Fsp3) is 0.133. The zero-order valence-corrected chi connectivity index (χ0v) is 10.4. The lowest BCUT2D eigenvalue weighted by Gasteiger charge is -2.06. The van der Waals surface area contributed by atoms with Gasteiger partial charge in [0, 0.05) is 12.2 Å². The number of amides is 1. The van der Waals surface area contributed by atoms with E-state index in [-0.39, 0.29) is 18.1 Å². The third kappa shape index (κ3) is 3.89. The molecule has 0 saturated heterocycles. The third-order valence-electron chi connectivity index (χ3n) is 2.75. The number of rotatable bonds is 4. The van der Waals surface area contributed by atoms with Gasteiger partial charge in [-0.15, -0.1) is 0 Å². The highest BCUT2D eigenvalue weighted by Crippen LogP contribution is 2.10. The van der Waals surface area contributed by atoms with E-state index in [9.17, 15) is 9.18 Å². The Labute approximate surface area is 111 Å². The van der Waals surface area contributed by atoms with Crippen molar-refractivity contribution in [3.63, 3.8) is 0 Å². The molecule has 4 heteroatoms. The molecule has 0 fully saturated rings. The van der Waals surface area contributed by atoms with Crippen molar-refractivity contribution in [3.05, 3.63) is 65.5 Å². The number of nitrogens with two attached hydrogens (primary N) is 1. The minimum absolute atomic E-state index is 0.132. The average Bonchev–Trinajstić information content (AvgIpc) is 2.42. The van der Waals surface area contributed by atoms with E-state index in [1.807, 2.05) is 24.3 Å². The third-order valence-corrected chi connectivity index (χ3v) is 2.75. The van der Waals surface area contributed by atoms with Crippen LogP contribution in [0.4, 0.5) is 10.1 Å². The van der Waals surface area contributed by atoms with Gasteiger partial charge in [-0.2, -0.15) is 0 Å². The molecule has 0 spiro atoms. The average molecular weight is 258 g/mol. The zero-order valence-electron chi connectivity index (χ0n) is 10.4. The van der Waals surface area contributed by atoms with E-state index in [2.05, 4.69) is 5.32 Å². The molecule has 0 atom stereocenters. The molecule has 2 rings (SSSR count). The highest BCUT2D eigenvalue weighted by molar-refractivity contribution is 5.92. The largest absolute Gasteiger partial charge is 0.326 e. The maximum absolute atomic E-state index is 12.7. The quantitative estimate of drug-likeness (QED) is 0.885. The van der Waals surface area contributed by atoms with Gasteiger partial charge in [-0.25, -0.2) is 4.39 Å². The van der Waals surface area contributed by atoms with Crippen molar-refractivity contribution >= 4 is 11.6 Å². The van der Waals surface area contributed by atoms with Crippen molar-refractivity contribution in [1.82, 2.24) is 0 Å². The van der Waals surface area contributed by atoms with Gasteiger partial charge in [-0.3, -0.25) is 4.79 Å². The molecule has 2 aromatic carbocycles. The van der Waals surface area contributed by atoms with Gasteiger partial charge in [-0.1, -0.05) is 24.3 Å². The molecule has 0 aliphatic rings. The van der Waals surface area contributed by atoms with Crippen molar-refractivity contribution in [1.29, 1.82) is 0 Å². The molecule has 98 valence electrons. The monoisotopic (exact) mass is 258 g/mol. The van der Waals surface area contributed by atoms with Crippen molar-refractivity contribution in [2.45, 2.75) is 13.0 Å². The predicted molar refractivity (Wildman–Crippen MR) is 73.1 cm³/mol. The Morgan fingerprint density at radius 1 is 1.00 bits per heavy atom. The zero-order chi connectivity index (χ0) is 13.7. The minimum atomic E-state index is -0.324. The Kier molecular flexibility index (Phi) is 4.26. The van der Waals surface area contributed by atoms with Gasteiger partial charge >= 0.3 is 0 Å². The molecule has 0 aromatic heterocycles. The number of benzene rings is 2. The Hall–Kier alpha value is -2.20. The lowest BCUT2D eigenvalue weighted by Crippen LogP contribution is -2.14. The second-order valence-electron chi connectivity index (χ2n) is 4.25. The number of carbonyl (C=O) groups excluding carboxylic acids is 1. The molecule has 0 aliphatic heterocycles. The summed E-state index contributed by atoms with van der Waals surface area (Å²) >= 11 is 0. The van der Waals surface area contributed by atoms with Crippen molar-refractivity contribution < 1.29 is 9.18 Å². The van der Waals surface area contributed by atoms with Crippen LogP contribution in [0, 0.1) is 5.82 Å². The number of carbonyl (C=O) groups is 1. The lowest BCUT2D eigenvalue weighted by atomic mass is 10.1. The van der Waals surface area contributed by atoms with Crippen LogP contribution in [0.1, 0.15) is 11.1 Å². The molecule has 3 N–H and O–H groups in total. The highest BCUT2D eigenvalue weighted by Gasteiger charge is 2.04. The van der Waals surface area contributed by atoms with Gasteiger partial charge in [0.2, 0.25) is 5.91 Å². The standard InChI is InChI=1S/C15H15FN2O/c16-13-5-7-14(8-6-13)18-15(19)9-11-1-3-12(10-17)4-2-11/h1-8H,9-10,17H2,(H,18,19). The lowest BCUT2D eigenvalue weighted by molar-refractivity contribution is -0.115. The summed E-state index contributed by atoms with van der Waals surface area (Å²) in [6, 6.07) is 13.3. The van der Waals surface area contributed by atoms with Gasteiger partial charge < -0.3 is 11.1 Å². The molecular weight excluding hydrogens is 243 g/mol. The van der Waals surface area contributed by atoms with Crippen LogP contribution in [0.25, 0.3) is 0 Å². The molecule has 0 aliphatic carbocycles. The Balaban J connectivity index is 1.95. The molecule has 2 aromatic rings. The fourth-order valence-corrected chi connectivity index (χ4v) is 1.72. The van der Waals surface area contributed by atoms with E-state index in [0.717, 1.165) is 11.1 Å².